The highest BCUT2D eigenvalue weighted by Crippen LogP contribution is 2.23. The van der Waals surface area contributed by atoms with Gasteiger partial charge in [-0.1, -0.05) is 36.4 Å². The SMILES string of the molecule is COC(=O)c1cccc(S(=O)(=O)N(CCc2ccccc2)Cc2cc3cc(OC)ccc3[nH]c2=O)c1. The Balaban J connectivity index is 1.74. The number of hydrogen-bond acceptors (Lipinski definition) is 6. The van der Waals surface area contributed by atoms with Crippen molar-refractivity contribution in [3.8, 4) is 5.75 Å². The third kappa shape index (κ3) is 5.48. The van der Waals surface area contributed by atoms with E-state index in [4.69, 9.17) is 9.47 Å². The molecule has 36 heavy (non-hydrogen) atoms. The molecule has 1 aromatic heterocycles. The van der Waals surface area contributed by atoms with Crippen molar-refractivity contribution >= 4 is 26.9 Å². The minimum atomic E-state index is -4.07. The predicted molar refractivity (Wildman–Crippen MR) is 137 cm³/mol. The van der Waals surface area contributed by atoms with E-state index in [0.29, 0.717) is 17.7 Å². The van der Waals surface area contributed by atoms with Gasteiger partial charge in [-0.15, -0.1) is 0 Å². The van der Waals surface area contributed by atoms with Crippen LogP contribution in [0.1, 0.15) is 21.5 Å². The lowest BCUT2D eigenvalue weighted by Crippen LogP contribution is -2.34. The average Bonchev–Trinajstić information content (AvgIpc) is 2.91. The largest absolute Gasteiger partial charge is 0.497 e. The monoisotopic (exact) mass is 506 g/mol. The summed E-state index contributed by atoms with van der Waals surface area (Å²) in [6.45, 7) is -0.0233. The van der Waals surface area contributed by atoms with Gasteiger partial charge in [0.05, 0.1) is 24.7 Å². The lowest BCUT2D eigenvalue weighted by molar-refractivity contribution is 0.0600. The van der Waals surface area contributed by atoms with Gasteiger partial charge in [0.2, 0.25) is 10.0 Å². The van der Waals surface area contributed by atoms with Crippen LogP contribution in [-0.2, 0) is 27.7 Å². The van der Waals surface area contributed by atoms with Crippen molar-refractivity contribution in [3.05, 3.63) is 106 Å². The Hall–Kier alpha value is -3.95. The summed E-state index contributed by atoms with van der Waals surface area (Å²) in [7, 11) is -1.29. The lowest BCUT2D eigenvalue weighted by atomic mass is 10.1. The zero-order chi connectivity index (χ0) is 25.7. The van der Waals surface area contributed by atoms with Crippen LogP contribution < -0.4 is 10.3 Å². The molecule has 0 spiro atoms. The van der Waals surface area contributed by atoms with E-state index in [1.807, 2.05) is 30.3 Å². The van der Waals surface area contributed by atoms with Gasteiger partial charge < -0.3 is 14.5 Å². The third-order valence-corrected chi connectivity index (χ3v) is 7.70. The number of fused-ring (bicyclic) bond motifs is 1. The van der Waals surface area contributed by atoms with Crippen molar-refractivity contribution in [1.29, 1.82) is 0 Å². The summed E-state index contributed by atoms with van der Waals surface area (Å²) < 4.78 is 38.7. The maximum atomic E-state index is 13.7. The van der Waals surface area contributed by atoms with Crippen LogP contribution in [-0.4, -0.2) is 44.4 Å². The van der Waals surface area contributed by atoms with E-state index < -0.39 is 16.0 Å². The highest BCUT2D eigenvalue weighted by molar-refractivity contribution is 7.89. The molecule has 0 saturated carbocycles. The second kappa shape index (κ2) is 10.8. The van der Waals surface area contributed by atoms with Crippen molar-refractivity contribution in [1.82, 2.24) is 9.29 Å². The van der Waals surface area contributed by atoms with Gasteiger partial charge in [0.1, 0.15) is 5.75 Å². The van der Waals surface area contributed by atoms with Crippen molar-refractivity contribution in [3.63, 3.8) is 0 Å². The summed E-state index contributed by atoms with van der Waals surface area (Å²) >= 11 is 0. The number of hydrogen-bond donors (Lipinski definition) is 1. The fourth-order valence-corrected chi connectivity index (χ4v) is 5.36. The predicted octanol–water partition coefficient (Wildman–Crippen LogP) is 3.76. The fraction of sp³-hybridized carbons (Fsp3) is 0.185. The minimum Gasteiger partial charge on any atom is -0.497 e. The summed E-state index contributed by atoms with van der Waals surface area (Å²) in [6, 6.07) is 22.1. The summed E-state index contributed by atoms with van der Waals surface area (Å²) in [5.74, 6) is -0.0171. The molecule has 4 aromatic rings. The molecule has 0 fully saturated rings. The molecule has 0 saturated heterocycles. The highest BCUT2D eigenvalue weighted by atomic mass is 32.2. The lowest BCUT2D eigenvalue weighted by Gasteiger charge is -2.22. The first-order chi connectivity index (χ1) is 17.3. The van der Waals surface area contributed by atoms with E-state index in [9.17, 15) is 18.0 Å². The third-order valence-electron chi connectivity index (χ3n) is 5.86. The summed E-state index contributed by atoms with van der Waals surface area (Å²) in [4.78, 5) is 27.6. The molecule has 1 N–H and O–H groups in total. The normalized spacial score (nSPS) is 11.5. The summed E-state index contributed by atoms with van der Waals surface area (Å²) in [5, 5.41) is 0.719. The van der Waals surface area contributed by atoms with Crippen LogP contribution in [0.2, 0.25) is 0 Å². The van der Waals surface area contributed by atoms with Crippen molar-refractivity contribution in [2.24, 2.45) is 0 Å². The number of methoxy groups -OCH3 is 2. The van der Waals surface area contributed by atoms with E-state index in [2.05, 4.69) is 4.98 Å². The second-order valence-corrected chi connectivity index (χ2v) is 10.1. The van der Waals surface area contributed by atoms with Crippen LogP contribution >= 0.6 is 0 Å². The molecule has 0 amide bonds. The first-order valence-electron chi connectivity index (χ1n) is 11.2. The van der Waals surface area contributed by atoms with E-state index in [1.165, 1.54) is 35.7 Å². The number of nitrogens with zero attached hydrogens (tertiary/aromatic N) is 1. The van der Waals surface area contributed by atoms with Gasteiger partial charge >= 0.3 is 5.97 Å². The number of ether oxygens (including phenoxy) is 2. The molecule has 0 unspecified atom stereocenters. The Bertz CT molecular complexity index is 1550. The van der Waals surface area contributed by atoms with Crippen LogP contribution in [0.25, 0.3) is 10.9 Å². The van der Waals surface area contributed by atoms with Crippen molar-refractivity contribution in [2.75, 3.05) is 20.8 Å². The van der Waals surface area contributed by atoms with Gasteiger partial charge in [0.25, 0.3) is 5.56 Å². The molecule has 0 aliphatic carbocycles. The summed E-state index contributed by atoms with van der Waals surface area (Å²) in [5.41, 5.74) is 1.61. The zero-order valence-corrected chi connectivity index (χ0v) is 20.7. The van der Waals surface area contributed by atoms with Gasteiger partial charge in [-0.05, 0) is 54.4 Å². The quantitative estimate of drug-likeness (QED) is 0.347. The smallest absolute Gasteiger partial charge is 0.337 e. The molecule has 0 radical (unpaired) electrons. The molecule has 0 aliphatic heterocycles. The maximum Gasteiger partial charge on any atom is 0.337 e. The fourth-order valence-electron chi connectivity index (χ4n) is 3.90. The Kier molecular flexibility index (Phi) is 7.52. The second-order valence-electron chi connectivity index (χ2n) is 8.17. The van der Waals surface area contributed by atoms with Crippen LogP contribution in [0, 0.1) is 0 Å². The van der Waals surface area contributed by atoms with Gasteiger partial charge in [0, 0.05) is 29.6 Å². The number of carbonyl (C=O) groups excluding carboxylic acids is 1. The number of H-pyrrole nitrogens is 1. The Morgan fingerprint density at radius 1 is 0.944 bits per heavy atom. The molecule has 1 heterocycles. The number of benzene rings is 3. The van der Waals surface area contributed by atoms with E-state index >= 15 is 0 Å². The van der Waals surface area contributed by atoms with Crippen LogP contribution in [0.5, 0.6) is 5.75 Å². The van der Waals surface area contributed by atoms with E-state index in [0.717, 1.165) is 10.9 Å². The van der Waals surface area contributed by atoms with Gasteiger partial charge in [0.15, 0.2) is 0 Å². The van der Waals surface area contributed by atoms with Crippen LogP contribution in [0.15, 0.2) is 88.6 Å². The molecule has 9 heteroatoms. The zero-order valence-electron chi connectivity index (χ0n) is 19.9. The maximum absolute atomic E-state index is 13.7. The van der Waals surface area contributed by atoms with Gasteiger partial charge in [-0.3, -0.25) is 4.79 Å². The standard InChI is InChI=1S/C27H26N2O6S/c1-34-23-11-12-25-21(16-23)15-22(26(30)28-25)18-29(14-13-19-7-4-3-5-8-19)36(32,33)24-10-6-9-20(17-24)27(31)35-2/h3-12,15-17H,13-14,18H2,1-2H3,(H,28,30). The molecule has 0 bridgehead atoms. The molecular weight excluding hydrogens is 480 g/mol. The number of aromatic nitrogens is 1. The molecule has 186 valence electrons. The summed E-state index contributed by atoms with van der Waals surface area (Å²) in [6.07, 6.45) is 0.441. The molecule has 8 nitrogen and oxygen atoms in total. The number of esters is 1. The van der Waals surface area contributed by atoms with Gasteiger partial charge in [-0.2, -0.15) is 4.31 Å². The first kappa shape index (κ1) is 25.2. The average molecular weight is 507 g/mol. The topological polar surface area (TPSA) is 106 Å². The molecule has 3 aromatic carbocycles. The number of pyridine rings is 1. The molecule has 0 aliphatic rings. The molecule has 0 atom stereocenters. The van der Waals surface area contributed by atoms with Crippen LogP contribution in [0.4, 0.5) is 0 Å². The first-order valence-corrected chi connectivity index (χ1v) is 12.7. The van der Waals surface area contributed by atoms with Gasteiger partial charge in [-0.25, -0.2) is 13.2 Å². The molecular formula is C27H26N2O6S. The number of rotatable bonds is 9. The van der Waals surface area contributed by atoms with Crippen molar-refractivity contribution in [2.45, 2.75) is 17.9 Å². The Morgan fingerprint density at radius 3 is 2.44 bits per heavy atom. The van der Waals surface area contributed by atoms with Crippen molar-refractivity contribution < 1.29 is 22.7 Å². The number of nitrogens with one attached hydrogen (secondary N) is 1. The van der Waals surface area contributed by atoms with E-state index in [1.54, 1.807) is 31.4 Å². The number of sulfonamides is 1. The Morgan fingerprint density at radius 2 is 1.72 bits per heavy atom. The molecule has 4 rings (SSSR count). The Labute approximate surface area is 209 Å². The number of aromatic amines is 1. The van der Waals surface area contributed by atoms with E-state index in [-0.39, 0.29) is 34.7 Å². The highest BCUT2D eigenvalue weighted by Gasteiger charge is 2.26. The number of carbonyl (C=O) groups is 1. The van der Waals surface area contributed by atoms with Crippen LogP contribution in [0.3, 0.4) is 0 Å². The minimum absolute atomic E-state index is 0.0580.